The van der Waals surface area contributed by atoms with Gasteiger partial charge in [0.25, 0.3) is 0 Å². The van der Waals surface area contributed by atoms with Gasteiger partial charge < -0.3 is 20.1 Å². The van der Waals surface area contributed by atoms with Crippen LogP contribution in [0.15, 0.2) is 42.0 Å². The minimum Gasteiger partial charge on any atom is -0.508 e. The van der Waals surface area contributed by atoms with Gasteiger partial charge in [-0.25, -0.2) is 4.79 Å². The number of hydrogen-bond donors (Lipinski definition) is 3. The Morgan fingerprint density at radius 1 is 0.911 bits per heavy atom. The zero-order chi connectivity index (χ0) is 32.6. The smallest absolute Gasteiger partial charge is 0.331 e. The number of benzene rings is 1. The molecule has 0 bridgehead atoms. The van der Waals surface area contributed by atoms with Gasteiger partial charge in [0.15, 0.2) is 0 Å². The van der Waals surface area contributed by atoms with Crippen LogP contribution < -0.4 is 0 Å². The Kier molecular flexibility index (Phi) is 7.70. The fourth-order valence-electron chi connectivity index (χ4n) is 11.8. The highest BCUT2D eigenvalue weighted by atomic mass is 16.5. The third kappa shape index (κ3) is 4.74. The van der Waals surface area contributed by atoms with E-state index in [1.54, 1.807) is 30.3 Å². The second-order valence-electron chi connectivity index (χ2n) is 17.2. The summed E-state index contributed by atoms with van der Waals surface area (Å²) < 4.78 is 6.11. The monoisotopic (exact) mass is 618 g/mol. The van der Waals surface area contributed by atoms with E-state index in [9.17, 15) is 24.9 Å². The SMILES string of the molecule is CC1(C)CC[C@]2(C(=O)O)CC[C@]3(C)C(=CCC4[C@@]5(C)CC[C@H](OC(=O)/C=C\c6ccc(O)cc6)[C@@](C)(CO)C5CC[C@]43C)C2C1. The number of aliphatic carboxylic acids is 1. The summed E-state index contributed by atoms with van der Waals surface area (Å²) in [6.45, 7) is 14.1. The maximum atomic E-state index is 13.0. The fraction of sp³-hybridized carbons (Fsp3) is 0.692. The molecule has 0 aliphatic heterocycles. The first kappa shape index (κ1) is 32.3. The fourth-order valence-corrected chi connectivity index (χ4v) is 11.8. The molecule has 45 heavy (non-hydrogen) atoms. The van der Waals surface area contributed by atoms with Gasteiger partial charge in [-0.15, -0.1) is 0 Å². The van der Waals surface area contributed by atoms with Crippen molar-refractivity contribution in [3.8, 4) is 5.75 Å². The second kappa shape index (κ2) is 10.7. The van der Waals surface area contributed by atoms with E-state index in [1.165, 1.54) is 11.6 Å². The lowest BCUT2D eigenvalue weighted by molar-refractivity contribution is -0.223. The van der Waals surface area contributed by atoms with Crippen LogP contribution in [0.2, 0.25) is 0 Å². The lowest BCUT2D eigenvalue weighted by Gasteiger charge is -2.71. The van der Waals surface area contributed by atoms with Crippen LogP contribution in [0.5, 0.6) is 5.75 Å². The van der Waals surface area contributed by atoms with Gasteiger partial charge in [-0.1, -0.05) is 65.3 Å². The summed E-state index contributed by atoms with van der Waals surface area (Å²) >= 11 is 0. The Morgan fingerprint density at radius 2 is 1.60 bits per heavy atom. The Bertz CT molecular complexity index is 1410. The maximum absolute atomic E-state index is 13.0. The summed E-state index contributed by atoms with van der Waals surface area (Å²) in [6.07, 6.45) is 14.2. The number of rotatable bonds is 5. The van der Waals surface area contributed by atoms with E-state index < -0.39 is 22.8 Å². The van der Waals surface area contributed by atoms with Crippen molar-refractivity contribution in [3.63, 3.8) is 0 Å². The number of carboxylic acids is 1. The molecule has 0 radical (unpaired) electrons. The van der Waals surface area contributed by atoms with Gasteiger partial charge >= 0.3 is 11.9 Å². The van der Waals surface area contributed by atoms with E-state index >= 15 is 0 Å². The summed E-state index contributed by atoms with van der Waals surface area (Å²) in [5, 5.41) is 31.2. The number of aromatic hydroxyl groups is 1. The van der Waals surface area contributed by atoms with Gasteiger partial charge in [0.1, 0.15) is 11.9 Å². The van der Waals surface area contributed by atoms with Crippen molar-refractivity contribution in [1.82, 2.24) is 0 Å². The molecular weight excluding hydrogens is 564 g/mol. The zero-order valence-electron chi connectivity index (χ0n) is 28.2. The molecule has 9 atom stereocenters. The third-order valence-corrected chi connectivity index (χ3v) is 14.7. The van der Waals surface area contributed by atoms with Crippen molar-refractivity contribution in [2.24, 2.45) is 50.2 Å². The number of ether oxygens (including phenoxy) is 1. The van der Waals surface area contributed by atoms with Crippen LogP contribution in [-0.2, 0) is 14.3 Å². The lowest BCUT2D eigenvalue weighted by Crippen LogP contribution is -2.66. The summed E-state index contributed by atoms with van der Waals surface area (Å²) in [5.41, 5.74) is 1.11. The molecule has 5 aliphatic rings. The van der Waals surface area contributed by atoms with Crippen molar-refractivity contribution >= 4 is 18.0 Å². The van der Waals surface area contributed by atoms with Crippen molar-refractivity contribution < 1.29 is 29.6 Å². The molecule has 0 saturated heterocycles. The van der Waals surface area contributed by atoms with Crippen LogP contribution in [-0.4, -0.2) is 40.0 Å². The van der Waals surface area contributed by atoms with Crippen molar-refractivity contribution in [1.29, 1.82) is 0 Å². The molecule has 6 rings (SSSR count). The molecule has 5 aliphatic carbocycles. The number of carbonyl (C=O) groups is 2. The first-order valence-corrected chi connectivity index (χ1v) is 17.3. The standard InChI is InChI=1S/C39H54O6/c1-34(2)19-21-39(33(43)44)22-20-37(5)27(28(39)23-34)12-13-30-35(3)17-16-31(36(4,24-40)29(35)15-18-38(30,37)6)45-32(42)14-9-25-7-10-26(41)11-8-25/h7-12,14,28-31,40-41H,13,15-24H2,1-6H3,(H,43,44)/b14-9-/t28?,29?,30?,31-,35-,36-,37+,38+,39-/m0/s1. The molecule has 0 aromatic heterocycles. The summed E-state index contributed by atoms with van der Waals surface area (Å²) in [7, 11) is 0. The number of esters is 1. The van der Waals surface area contributed by atoms with E-state index in [1.807, 2.05) is 0 Å². The van der Waals surface area contributed by atoms with Crippen LogP contribution >= 0.6 is 0 Å². The predicted octanol–water partition coefficient (Wildman–Crippen LogP) is 8.18. The van der Waals surface area contributed by atoms with Crippen LogP contribution in [0.25, 0.3) is 6.08 Å². The van der Waals surface area contributed by atoms with Gasteiger partial charge in [0, 0.05) is 11.5 Å². The summed E-state index contributed by atoms with van der Waals surface area (Å²) in [5.74, 6) is -0.130. The van der Waals surface area contributed by atoms with Crippen molar-refractivity contribution in [2.45, 2.75) is 112 Å². The Morgan fingerprint density at radius 3 is 2.27 bits per heavy atom. The molecule has 1 aromatic carbocycles. The Labute approximate surface area is 269 Å². The second-order valence-corrected chi connectivity index (χ2v) is 17.2. The average molecular weight is 619 g/mol. The number of aliphatic hydroxyl groups is 1. The zero-order valence-corrected chi connectivity index (χ0v) is 28.2. The van der Waals surface area contributed by atoms with Gasteiger partial charge in [0.2, 0.25) is 0 Å². The van der Waals surface area contributed by atoms with Crippen LogP contribution in [0.4, 0.5) is 0 Å². The van der Waals surface area contributed by atoms with E-state index in [2.05, 4.69) is 47.6 Å². The van der Waals surface area contributed by atoms with Gasteiger partial charge in [-0.05, 0) is 127 Å². The third-order valence-electron chi connectivity index (χ3n) is 14.7. The number of allylic oxidation sites excluding steroid dienone is 2. The highest BCUT2D eigenvalue weighted by Gasteiger charge is 2.70. The summed E-state index contributed by atoms with van der Waals surface area (Å²) in [6, 6.07) is 6.66. The molecule has 6 heteroatoms. The largest absolute Gasteiger partial charge is 0.508 e. The van der Waals surface area contributed by atoms with Crippen LogP contribution in [0.1, 0.15) is 111 Å². The predicted molar refractivity (Wildman–Crippen MR) is 175 cm³/mol. The van der Waals surface area contributed by atoms with Crippen molar-refractivity contribution in [3.05, 3.63) is 47.6 Å². The molecule has 0 amide bonds. The first-order valence-electron chi connectivity index (χ1n) is 17.3. The quantitative estimate of drug-likeness (QED) is 0.175. The van der Waals surface area contributed by atoms with E-state index in [4.69, 9.17) is 4.74 Å². The molecule has 4 saturated carbocycles. The normalized spacial score (nSPS) is 43.7. The Balaban J connectivity index is 1.28. The molecular formula is C39H54O6. The molecule has 1 aromatic rings. The number of carbonyl (C=O) groups excluding carboxylic acids is 1. The van der Waals surface area contributed by atoms with Gasteiger partial charge in [0.05, 0.1) is 12.0 Å². The van der Waals surface area contributed by atoms with E-state index in [0.717, 1.165) is 63.4 Å². The first-order chi connectivity index (χ1) is 21.0. The average Bonchev–Trinajstić information content (AvgIpc) is 2.98. The molecule has 3 unspecified atom stereocenters. The van der Waals surface area contributed by atoms with Crippen LogP contribution in [0, 0.1) is 50.2 Å². The highest BCUT2D eigenvalue weighted by Crippen LogP contribution is 2.75. The molecule has 0 heterocycles. The van der Waals surface area contributed by atoms with Gasteiger partial charge in [-0.3, -0.25) is 4.79 Å². The molecule has 4 fully saturated rings. The number of fused-ring (bicyclic) bond motifs is 7. The van der Waals surface area contributed by atoms with Crippen molar-refractivity contribution in [2.75, 3.05) is 6.61 Å². The van der Waals surface area contributed by atoms with E-state index in [-0.39, 0.29) is 52.0 Å². The Hall–Kier alpha value is -2.60. The summed E-state index contributed by atoms with van der Waals surface area (Å²) in [4.78, 5) is 26.0. The maximum Gasteiger partial charge on any atom is 0.331 e. The van der Waals surface area contributed by atoms with E-state index in [0.29, 0.717) is 12.3 Å². The minimum absolute atomic E-state index is 0.0291. The molecule has 0 spiro atoms. The molecule has 246 valence electrons. The molecule has 3 N–H and O–H groups in total. The lowest BCUT2D eigenvalue weighted by atomic mass is 9.33. The molecule has 6 nitrogen and oxygen atoms in total. The topological polar surface area (TPSA) is 104 Å². The van der Waals surface area contributed by atoms with Gasteiger partial charge in [-0.2, -0.15) is 0 Å². The number of aliphatic hydroxyl groups excluding tert-OH is 1. The van der Waals surface area contributed by atoms with Crippen LogP contribution in [0.3, 0.4) is 0 Å². The minimum atomic E-state index is -0.640. The number of carboxylic acid groups (broad SMARTS) is 1. The number of phenols is 1. The number of hydrogen-bond acceptors (Lipinski definition) is 5. The number of phenolic OH excluding ortho intramolecular Hbond substituents is 1. The highest BCUT2D eigenvalue weighted by molar-refractivity contribution is 5.87.